The Labute approximate surface area is 188 Å². The number of carbonyl (C=O) groups is 2. The molecule has 4 rings (SSSR count). The Morgan fingerprint density at radius 1 is 1.16 bits per heavy atom. The summed E-state index contributed by atoms with van der Waals surface area (Å²) < 4.78 is 38.6. The van der Waals surface area contributed by atoms with E-state index in [4.69, 9.17) is 11.6 Å². The number of pyridine rings is 1. The number of aryl methyl sites for hydroxylation is 1. The number of anilines is 2. The molecule has 2 aliphatic rings. The molecule has 1 atom stereocenters. The number of aromatic nitrogens is 1. The van der Waals surface area contributed by atoms with Crippen molar-refractivity contribution in [3.05, 3.63) is 52.2 Å². The molecule has 1 aliphatic heterocycles. The number of benzene rings is 1. The first-order valence-electron chi connectivity index (χ1n) is 10.3. The fraction of sp³-hybridized carbons (Fsp3) is 0.409. The zero-order chi connectivity index (χ0) is 23.0. The molecule has 1 aromatic heterocycles. The predicted molar refractivity (Wildman–Crippen MR) is 115 cm³/mol. The van der Waals surface area contributed by atoms with Crippen LogP contribution in [-0.4, -0.2) is 35.9 Å². The SMILES string of the molecule is Cc1cc(C(=O)NC2CCN(c3ccc(C(F)(F)F)cc3Cl)C2)cc(NC(=O)C2CC2)n1. The number of carbonyl (C=O) groups excluding carboxylic acids is 2. The Morgan fingerprint density at radius 3 is 2.56 bits per heavy atom. The molecule has 1 aromatic carbocycles. The van der Waals surface area contributed by atoms with Crippen molar-refractivity contribution in [2.45, 2.75) is 38.4 Å². The van der Waals surface area contributed by atoms with Gasteiger partial charge in [-0.2, -0.15) is 13.2 Å². The number of hydrogen-bond donors (Lipinski definition) is 2. The topological polar surface area (TPSA) is 74.3 Å². The maximum absolute atomic E-state index is 12.9. The van der Waals surface area contributed by atoms with Gasteiger partial charge in [0.25, 0.3) is 5.91 Å². The second-order valence-corrected chi connectivity index (χ2v) is 8.62. The highest BCUT2D eigenvalue weighted by molar-refractivity contribution is 6.33. The van der Waals surface area contributed by atoms with Gasteiger partial charge in [-0.1, -0.05) is 11.6 Å². The van der Waals surface area contributed by atoms with E-state index in [-0.39, 0.29) is 28.8 Å². The Bertz CT molecular complexity index is 1060. The van der Waals surface area contributed by atoms with Gasteiger partial charge in [0.05, 0.1) is 16.3 Å². The Kier molecular flexibility index (Phi) is 6.03. The van der Waals surface area contributed by atoms with Gasteiger partial charge in [0.15, 0.2) is 0 Å². The third kappa shape index (κ3) is 5.15. The van der Waals surface area contributed by atoms with Gasteiger partial charge in [-0.25, -0.2) is 4.98 Å². The molecule has 2 N–H and O–H groups in total. The summed E-state index contributed by atoms with van der Waals surface area (Å²) in [6.07, 6.45) is -2.10. The molecule has 170 valence electrons. The maximum Gasteiger partial charge on any atom is 0.416 e. The number of amides is 2. The number of halogens is 4. The van der Waals surface area contributed by atoms with E-state index >= 15 is 0 Å². The first-order chi connectivity index (χ1) is 15.1. The van der Waals surface area contributed by atoms with E-state index in [0.29, 0.717) is 42.3 Å². The highest BCUT2D eigenvalue weighted by Gasteiger charge is 2.33. The van der Waals surface area contributed by atoms with Gasteiger partial charge in [-0.15, -0.1) is 0 Å². The van der Waals surface area contributed by atoms with E-state index < -0.39 is 11.7 Å². The lowest BCUT2D eigenvalue weighted by atomic mass is 10.1. The van der Waals surface area contributed by atoms with Crippen LogP contribution in [0.25, 0.3) is 0 Å². The highest BCUT2D eigenvalue weighted by atomic mass is 35.5. The van der Waals surface area contributed by atoms with E-state index in [1.807, 2.05) is 4.90 Å². The van der Waals surface area contributed by atoms with Crippen molar-refractivity contribution in [2.24, 2.45) is 5.92 Å². The number of nitrogens with zero attached hydrogens (tertiary/aromatic N) is 2. The number of rotatable bonds is 5. The van der Waals surface area contributed by atoms with E-state index in [2.05, 4.69) is 15.6 Å². The Morgan fingerprint density at radius 2 is 1.91 bits per heavy atom. The van der Waals surface area contributed by atoms with E-state index in [1.54, 1.807) is 19.1 Å². The lowest BCUT2D eigenvalue weighted by molar-refractivity contribution is -0.137. The number of alkyl halides is 3. The molecular weight excluding hydrogens is 445 g/mol. The average Bonchev–Trinajstić information content (AvgIpc) is 3.47. The summed E-state index contributed by atoms with van der Waals surface area (Å²) in [5.74, 6) is -0.0233. The van der Waals surface area contributed by atoms with Crippen LogP contribution in [0.5, 0.6) is 0 Å². The number of hydrogen-bond acceptors (Lipinski definition) is 4. The van der Waals surface area contributed by atoms with Crippen LogP contribution in [0.2, 0.25) is 5.02 Å². The molecule has 1 unspecified atom stereocenters. The van der Waals surface area contributed by atoms with E-state index in [1.165, 1.54) is 6.07 Å². The molecule has 32 heavy (non-hydrogen) atoms. The average molecular weight is 467 g/mol. The van der Waals surface area contributed by atoms with Crippen molar-refractivity contribution in [1.82, 2.24) is 10.3 Å². The summed E-state index contributed by atoms with van der Waals surface area (Å²) in [6.45, 7) is 2.72. The third-order valence-electron chi connectivity index (χ3n) is 5.55. The van der Waals surface area contributed by atoms with E-state index in [9.17, 15) is 22.8 Å². The van der Waals surface area contributed by atoms with Crippen LogP contribution in [-0.2, 0) is 11.0 Å². The van der Waals surface area contributed by atoms with Crippen LogP contribution in [0.3, 0.4) is 0 Å². The first-order valence-corrected chi connectivity index (χ1v) is 10.7. The van der Waals surface area contributed by atoms with Gasteiger partial charge in [0, 0.05) is 36.3 Å². The van der Waals surface area contributed by atoms with Crippen molar-refractivity contribution in [2.75, 3.05) is 23.3 Å². The van der Waals surface area contributed by atoms with Gasteiger partial charge in [0.1, 0.15) is 5.82 Å². The lowest BCUT2D eigenvalue weighted by Gasteiger charge is -2.21. The molecule has 2 aromatic rings. The second kappa shape index (κ2) is 8.61. The van der Waals surface area contributed by atoms with Crippen LogP contribution in [0, 0.1) is 12.8 Å². The van der Waals surface area contributed by atoms with Gasteiger partial charge < -0.3 is 15.5 Å². The molecule has 0 radical (unpaired) electrons. The largest absolute Gasteiger partial charge is 0.416 e. The molecular formula is C22H22ClF3N4O2. The molecule has 2 heterocycles. The van der Waals surface area contributed by atoms with Gasteiger partial charge in [0.2, 0.25) is 5.91 Å². The summed E-state index contributed by atoms with van der Waals surface area (Å²) in [4.78, 5) is 30.9. The molecule has 6 nitrogen and oxygen atoms in total. The van der Waals surface area contributed by atoms with Gasteiger partial charge >= 0.3 is 6.18 Å². The first kappa shape index (κ1) is 22.4. The molecule has 1 saturated heterocycles. The van der Waals surface area contributed by atoms with Crippen LogP contribution in [0.1, 0.15) is 40.9 Å². The Hall–Kier alpha value is -2.81. The molecule has 10 heteroatoms. The summed E-state index contributed by atoms with van der Waals surface area (Å²) in [5, 5.41) is 5.72. The minimum Gasteiger partial charge on any atom is -0.368 e. The zero-order valence-corrected chi connectivity index (χ0v) is 18.1. The van der Waals surface area contributed by atoms with Crippen LogP contribution in [0.15, 0.2) is 30.3 Å². The predicted octanol–water partition coefficient (Wildman–Crippen LogP) is 4.42. The zero-order valence-electron chi connectivity index (χ0n) is 17.3. The maximum atomic E-state index is 12.9. The quantitative estimate of drug-likeness (QED) is 0.684. The summed E-state index contributed by atoms with van der Waals surface area (Å²) in [6, 6.07) is 6.27. The Balaban J connectivity index is 1.40. The van der Waals surface area contributed by atoms with Crippen LogP contribution >= 0.6 is 11.6 Å². The smallest absolute Gasteiger partial charge is 0.368 e. The fourth-order valence-electron chi connectivity index (χ4n) is 3.74. The fourth-order valence-corrected chi connectivity index (χ4v) is 4.04. The van der Waals surface area contributed by atoms with Crippen LogP contribution < -0.4 is 15.5 Å². The normalized spacial score (nSPS) is 18.5. The summed E-state index contributed by atoms with van der Waals surface area (Å²) in [5.41, 5.74) is 0.692. The summed E-state index contributed by atoms with van der Waals surface area (Å²) >= 11 is 6.10. The van der Waals surface area contributed by atoms with Crippen molar-refractivity contribution in [3.63, 3.8) is 0 Å². The van der Waals surface area contributed by atoms with E-state index in [0.717, 1.165) is 25.0 Å². The van der Waals surface area contributed by atoms with Crippen molar-refractivity contribution < 1.29 is 22.8 Å². The minimum absolute atomic E-state index is 0.0209. The molecule has 0 spiro atoms. The highest BCUT2D eigenvalue weighted by Crippen LogP contribution is 2.36. The molecule has 0 bridgehead atoms. The van der Waals surface area contributed by atoms with Crippen molar-refractivity contribution >= 4 is 34.9 Å². The molecule has 1 saturated carbocycles. The molecule has 2 amide bonds. The summed E-state index contributed by atoms with van der Waals surface area (Å²) in [7, 11) is 0. The number of nitrogens with one attached hydrogen (secondary N) is 2. The third-order valence-corrected chi connectivity index (χ3v) is 5.86. The van der Waals surface area contributed by atoms with Crippen molar-refractivity contribution in [1.29, 1.82) is 0 Å². The standard InChI is InChI=1S/C22H22ClF3N4O2/c1-12-8-14(9-19(27-12)29-20(31)13-2-3-13)21(32)28-16-6-7-30(11-16)18-5-4-15(10-17(18)23)22(24,25)26/h4-5,8-10,13,16H,2-3,6-7,11H2,1H3,(H,28,32)(H,27,29,31). The van der Waals surface area contributed by atoms with Crippen molar-refractivity contribution in [3.8, 4) is 0 Å². The molecule has 2 fully saturated rings. The van der Waals surface area contributed by atoms with Crippen LogP contribution in [0.4, 0.5) is 24.7 Å². The second-order valence-electron chi connectivity index (χ2n) is 8.21. The van der Waals surface area contributed by atoms with Gasteiger partial charge in [-0.05, 0) is 56.5 Å². The minimum atomic E-state index is -4.46. The van der Waals surface area contributed by atoms with Gasteiger partial charge in [-0.3, -0.25) is 9.59 Å². The monoisotopic (exact) mass is 466 g/mol. The molecule has 1 aliphatic carbocycles. The lowest BCUT2D eigenvalue weighted by Crippen LogP contribution is -2.37.